The topological polar surface area (TPSA) is 174 Å². The van der Waals surface area contributed by atoms with Crippen molar-refractivity contribution in [3.8, 4) is 5.75 Å². The van der Waals surface area contributed by atoms with Crippen molar-refractivity contribution in [2.45, 2.75) is 86.0 Å². The third-order valence-corrected chi connectivity index (χ3v) is 9.72. The second-order valence-corrected chi connectivity index (χ2v) is 14.5. The SMILES string of the molecule is C=CC(=O)OC(C)CC.C=CC(=O)OCC(O)CNCCC[Si](OCC)(OCC)OCC.C=CC(=O)OCCC(C)C.C=CC(=O)OCCOc1ccccc1. The van der Waals surface area contributed by atoms with E-state index in [1.54, 1.807) is 0 Å². The molecule has 0 amide bonds. The number of rotatable bonds is 27. The number of benzene rings is 1. The van der Waals surface area contributed by atoms with Crippen LogP contribution in [0.4, 0.5) is 0 Å². The molecule has 1 aromatic carbocycles. The highest BCUT2D eigenvalue weighted by atomic mass is 28.4. The van der Waals surface area contributed by atoms with Crippen LogP contribution in [0.1, 0.15) is 67.7 Å². The molecule has 0 saturated carbocycles. The Balaban J connectivity index is -0.000000724. The molecule has 1 aromatic rings. The fourth-order valence-corrected chi connectivity index (χ4v) is 6.27. The Kier molecular flexibility index (Phi) is 39.3. The molecule has 2 atom stereocenters. The van der Waals surface area contributed by atoms with Crippen LogP contribution in [-0.2, 0) is 51.4 Å². The molecule has 1 rings (SSSR count). The first kappa shape index (κ1) is 56.2. The maximum Gasteiger partial charge on any atom is 0.500 e. The van der Waals surface area contributed by atoms with Gasteiger partial charge in [0.25, 0.3) is 0 Å². The normalized spacial score (nSPS) is 11.2. The molecule has 320 valence electrons. The van der Waals surface area contributed by atoms with Crippen molar-refractivity contribution in [1.82, 2.24) is 5.32 Å². The van der Waals surface area contributed by atoms with Crippen LogP contribution in [0.15, 0.2) is 81.0 Å². The average molecular weight is 812 g/mol. The minimum atomic E-state index is -2.59. The molecule has 0 radical (unpaired) electrons. The van der Waals surface area contributed by atoms with Gasteiger partial charge in [0.15, 0.2) is 0 Å². The molecule has 0 heterocycles. The van der Waals surface area contributed by atoms with Crippen LogP contribution >= 0.6 is 0 Å². The Hall–Kier alpha value is -4.12. The third kappa shape index (κ3) is 36.8. The summed E-state index contributed by atoms with van der Waals surface area (Å²) >= 11 is 0. The van der Waals surface area contributed by atoms with Gasteiger partial charge in [-0.1, -0.05) is 65.3 Å². The molecule has 0 aliphatic rings. The number of ether oxygens (including phenoxy) is 5. The van der Waals surface area contributed by atoms with Gasteiger partial charge in [0.2, 0.25) is 0 Å². The van der Waals surface area contributed by atoms with Crippen molar-refractivity contribution in [3.63, 3.8) is 0 Å². The molecule has 0 fully saturated rings. The molecule has 0 aromatic heterocycles. The minimum absolute atomic E-state index is 0.00972. The number of carbonyl (C=O) groups excluding carboxylic acids is 4. The Morgan fingerprint density at radius 1 is 0.732 bits per heavy atom. The highest BCUT2D eigenvalue weighted by molar-refractivity contribution is 6.60. The molecule has 0 saturated heterocycles. The molecule has 15 heteroatoms. The first-order valence-corrected chi connectivity index (χ1v) is 20.8. The van der Waals surface area contributed by atoms with Gasteiger partial charge in [-0.2, -0.15) is 0 Å². The largest absolute Gasteiger partial charge is 0.500 e. The lowest BCUT2D eigenvalue weighted by Crippen LogP contribution is -2.46. The van der Waals surface area contributed by atoms with E-state index >= 15 is 0 Å². The quantitative estimate of drug-likeness (QED) is 0.0339. The zero-order valence-corrected chi connectivity index (χ0v) is 35.8. The van der Waals surface area contributed by atoms with Gasteiger partial charge in [-0.3, -0.25) is 0 Å². The summed E-state index contributed by atoms with van der Waals surface area (Å²) in [7, 11) is -2.59. The fraction of sp³-hybridized carbons (Fsp3) is 0.561. The van der Waals surface area contributed by atoms with Crippen LogP contribution in [0.3, 0.4) is 0 Å². The Morgan fingerprint density at radius 2 is 1.23 bits per heavy atom. The van der Waals surface area contributed by atoms with E-state index in [1.807, 2.05) is 65.0 Å². The van der Waals surface area contributed by atoms with E-state index < -0.39 is 26.8 Å². The van der Waals surface area contributed by atoms with Gasteiger partial charge in [-0.15, -0.1) is 0 Å². The second kappa shape index (κ2) is 39.1. The van der Waals surface area contributed by atoms with E-state index in [9.17, 15) is 24.3 Å². The standard InChI is InChI=1S/C15H31NO6Si.C11H12O3.C8H14O2.C7H12O2/c1-5-15(18)19-13-14(17)12-16-10-9-11-23(20-6-2,21-7-3)22-8-4;1-2-11(12)14-9-8-13-10-6-4-3-5-7-10;1-4-8(9)10-6-5-7(2)3;1-4-6(3)9-7(8)5-2/h5,14,16-17H,1,6-13H2,2-4H3;2-7H,1,8-9H2;4,7H,1,5-6H2,2-3H3;5-6H,2,4H2,1,3H3. The van der Waals surface area contributed by atoms with Crippen molar-refractivity contribution in [2.75, 3.05) is 59.3 Å². The predicted molar refractivity (Wildman–Crippen MR) is 220 cm³/mol. The molecule has 0 aliphatic heterocycles. The number of carbonyl (C=O) groups is 4. The molecule has 0 aliphatic carbocycles. The maximum absolute atomic E-state index is 10.9. The van der Waals surface area contributed by atoms with Crippen LogP contribution < -0.4 is 10.1 Å². The second-order valence-electron chi connectivity index (χ2n) is 11.7. The van der Waals surface area contributed by atoms with E-state index in [0.717, 1.165) is 43.2 Å². The molecule has 2 unspecified atom stereocenters. The number of hydrogen-bond acceptors (Lipinski definition) is 14. The summed E-state index contributed by atoms with van der Waals surface area (Å²) in [6.45, 7) is 30.7. The predicted octanol–water partition coefficient (Wildman–Crippen LogP) is 6.18. The number of aliphatic hydroxyl groups is 1. The molecule has 0 spiro atoms. The molecule has 2 N–H and O–H groups in total. The number of nitrogens with one attached hydrogen (secondary N) is 1. The molecular weight excluding hydrogens is 743 g/mol. The van der Waals surface area contributed by atoms with Crippen molar-refractivity contribution in [1.29, 1.82) is 0 Å². The summed E-state index contributed by atoms with van der Waals surface area (Å²) in [5.74, 6) is -0.295. The van der Waals surface area contributed by atoms with Crippen molar-refractivity contribution >= 4 is 32.7 Å². The van der Waals surface area contributed by atoms with E-state index in [4.69, 9.17) is 37.0 Å². The minimum Gasteiger partial charge on any atom is -0.490 e. The number of hydrogen-bond donors (Lipinski definition) is 2. The van der Waals surface area contributed by atoms with Gasteiger partial charge in [0.05, 0.1) is 12.7 Å². The van der Waals surface area contributed by atoms with Gasteiger partial charge in [-0.05, 0) is 71.6 Å². The Labute approximate surface area is 336 Å². The van der Waals surface area contributed by atoms with Crippen molar-refractivity contribution in [3.05, 3.63) is 81.0 Å². The highest BCUT2D eigenvalue weighted by Crippen LogP contribution is 2.17. The van der Waals surface area contributed by atoms with Gasteiger partial charge in [0, 0.05) is 56.7 Å². The zero-order chi connectivity index (χ0) is 43.0. The van der Waals surface area contributed by atoms with Gasteiger partial charge >= 0.3 is 32.7 Å². The summed E-state index contributed by atoms with van der Waals surface area (Å²) < 4.78 is 41.6. The summed E-state index contributed by atoms with van der Waals surface area (Å²) in [5.41, 5.74) is 0. The molecular formula is C41H69NO13Si. The van der Waals surface area contributed by atoms with Crippen LogP contribution in [0.5, 0.6) is 5.75 Å². The lowest BCUT2D eigenvalue weighted by Gasteiger charge is -2.28. The third-order valence-electron chi connectivity index (χ3n) is 6.57. The maximum atomic E-state index is 10.9. The smallest absolute Gasteiger partial charge is 0.490 e. The van der Waals surface area contributed by atoms with E-state index in [-0.39, 0.29) is 31.3 Å². The fourth-order valence-electron chi connectivity index (χ4n) is 3.66. The van der Waals surface area contributed by atoms with E-state index in [1.165, 1.54) is 12.2 Å². The van der Waals surface area contributed by atoms with Crippen LogP contribution in [0.25, 0.3) is 0 Å². The lowest BCUT2D eigenvalue weighted by molar-refractivity contribution is -0.142. The highest BCUT2D eigenvalue weighted by Gasteiger charge is 2.39. The first-order valence-electron chi connectivity index (χ1n) is 18.9. The summed E-state index contributed by atoms with van der Waals surface area (Å²) in [6, 6.07) is 10.1. The van der Waals surface area contributed by atoms with Crippen molar-refractivity contribution < 1.29 is 61.2 Å². The summed E-state index contributed by atoms with van der Waals surface area (Å²) in [5, 5.41) is 12.8. The van der Waals surface area contributed by atoms with Gasteiger partial charge < -0.3 is 47.4 Å². The lowest BCUT2D eigenvalue weighted by atomic mass is 10.1. The van der Waals surface area contributed by atoms with E-state index in [2.05, 4.69) is 45.5 Å². The Morgan fingerprint density at radius 3 is 1.70 bits per heavy atom. The molecule has 56 heavy (non-hydrogen) atoms. The van der Waals surface area contributed by atoms with Crippen molar-refractivity contribution in [2.24, 2.45) is 5.92 Å². The molecule has 14 nitrogen and oxygen atoms in total. The first-order chi connectivity index (χ1) is 26.7. The summed E-state index contributed by atoms with van der Waals surface area (Å²) in [4.78, 5) is 42.4. The van der Waals surface area contributed by atoms with Gasteiger partial charge in [-0.25, -0.2) is 19.2 Å². The number of aliphatic hydroxyl groups excluding tert-OH is 1. The van der Waals surface area contributed by atoms with Crippen LogP contribution in [0, 0.1) is 5.92 Å². The van der Waals surface area contributed by atoms with Crippen LogP contribution in [0.2, 0.25) is 6.04 Å². The van der Waals surface area contributed by atoms with Gasteiger partial charge in [0.1, 0.15) is 31.7 Å². The zero-order valence-electron chi connectivity index (χ0n) is 34.8. The molecule has 0 bridgehead atoms. The van der Waals surface area contributed by atoms with Crippen LogP contribution in [-0.4, -0.2) is 109 Å². The number of para-hydroxylation sites is 1. The van der Waals surface area contributed by atoms with E-state index in [0.29, 0.717) is 52.0 Å². The monoisotopic (exact) mass is 811 g/mol. The average Bonchev–Trinajstić information content (AvgIpc) is 3.19. The Bertz CT molecular complexity index is 1180. The number of esters is 4. The summed E-state index contributed by atoms with van der Waals surface area (Å²) in [6.07, 6.45) is 6.39.